The summed E-state index contributed by atoms with van der Waals surface area (Å²) in [4.78, 5) is 2.67. The van der Waals surface area contributed by atoms with Gasteiger partial charge in [0, 0.05) is 25.7 Å². The summed E-state index contributed by atoms with van der Waals surface area (Å²) in [6.07, 6.45) is 1.43. The van der Waals surface area contributed by atoms with Crippen molar-refractivity contribution in [3.8, 4) is 0 Å². The first kappa shape index (κ1) is 22.5. The first-order valence-electron chi connectivity index (χ1n) is 11.0. The molecule has 6 heteroatoms. The van der Waals surface area contributed by atoms with Gasteiger partial charge in [0.2, 0.25) is 0 Å². The second-order valence-corrected chi connectivity index (χ2v) is 10.3. The van der Waals surface area contributed by atoms with Crippen LogP contribution in [-0.4, -0.2) is 32.4 Å². The van der Waals surface area contributed by atoms with Gasteiger partial charge in [0.1, 0.15) is 5.82 Å². The molecule has 3 aromatic carbocycles. The molecule has 1 aliphatic heterocycles. The maximum Gasteiger partial charge on any atom is 0.264 e. The van der Waals surface area contributed by atoms with Gasteiger partial charge in [0.05, 0.1) is 10.6 Å². The number of likely N-dealkylation sites (tertiary alicyclic amines) is 1. The van der Waals surface area contributed by atoms with Gasteiger partial charge >= 0.3 is 0 Å². The van der Waals surface area contributed by atoms with E-state index < -0.39 is 10.0 Å². The fraction of sp³-hybridized carbons (Fsp3) is 0.308. The van der Waals surface area contributed by atoms with Crippen molar-refractivity contribution < 1.29 is 12.8 Å². The van der Waals surface area contributed by atoms with Crippen molar-refractivity contribution in [3.05, 3.63) is 95.3 Å². The Kier molecular flexibility index (Phi) is 6.63. The van der Waals surface area contributed by atoms with Gasteiger partial charge in [-0.05, 0) is 68.1 Å². The number of hydrogen-bond donors (Lipinski definition) is 0. The fourth-order valence-corrected chi connectivity index (χ4v) is 6.41. The van der Waals surface area contributed by atoms with Crippen LogP contribution in [0.5, 0.6) is 0 Å². The molecular formula is C26H29FN2O2S. The van der Waals surface area contributed by atoms with Gasteiger partial charge in [-0.15, -0.1) is 0 Å². The lowest BCUT2D eigenvalue weighted by molar-refractivity contribution is 0.206. The van der Waals surface area contributed by atoms with Crippen LogP contribution in [0.1, 0.15) is 29.5 Å². The normalized spacial score (nSPS) is 15.6. The number of rotatable bonds is 6. The first-order valence-corrected chi connectivity index (χ1v) is 12.4. The third-order valence-electron chi connectivity index (χ3n) is 6.09. The lowest BCUT2D eigenvalue weighted by Crippen LogP contribution is -2.47. The van der Waals surface area contributed by atoms with Crippen molar-refractivity contribution in [2.24, 2.45) is 0 Å². The van der Waals surface area contributed by atoms with Crippen molar-refractivity contribution in [2.75, 3.05) is 17.4 Å². The van der Waals surface area contributed by atoms with Crippen LogP contribution in [0.4, 0.5) is 10.1 Å². The number of piperidine rings is 1. The van der Waals surface area contributed by atoms with Crippen molar-refractivity contribution in [3.63, 3.8) is 0 Å². The minimum atomic E-state index is -3.79. The molecule has 0 aromatic heterocycles. The molecule has 1 fully saturated rings. The Morgan fingerprint density at radius 1 is 0.938 bits per heavy atom. The predicted octanol–water partition coefficient (Wildman–Crippen LogP) is 5.30. The van der Waals surface area contributed by atoms with E-state index in [1.807, 2.05) is 6.07 Å². The zero-order valence-electron chi connectivity index (χ0n) is 18.5. The highest BCUT2D eigenvalue weighted by Gasteiger charge is 2.34. The molecule has 0 saturated carbocycles. The lowest BCUT2D eigenvalue weighted by Gasteiger charge is -2.39. The van der Waals surface area contributed by atoms with Crippen LogP contribution < -0.4 is 4.31 Å². The van der Waals surface area contributed by atoms with Crippen LogP contribution in [0.2, 0.25) is 0 Å². The summed E-state index contributed by atoms with van der Waals surface area (Å²) in [5.74, 6) is -0.380. The molecule has 4 nitrogen and oxygen atoms in total. The molecule has 3 aromatic rings. The van der Waals surface area contributed by atoms with Gasteiger partial charge in [0.15, 0.2) is 0 Å². The highest BCUT2D eigenvalue weighted by molar-refractivity contribution is 7.93. The van der Waals surface area contributed by atoms with Gasteiger partial charge in [-0.2, -0.15) is 0 Å². The molecule has 32 heavy (non-hydrogen) atoms. The van der Waals surface area contributed by atoms with Crippen LogP contribution in [-0.2, 0) is 16.6 Å². The lowest BCUT2D eigenvalue weighted by atomic mass is 10.0. The Labute approximate surface area is 190 Å². The molecule has 1 aliphatic rings. The Morgan fingerprint density at radius 2 is 1.62 bits per heavy atom. The summed E-state index contributed by atoms with van der Waals surface area (Å²) < 4.78 is 42.6. The number of nitrogens with zero attached hydrogens (tertiary/aromatic N) is 2. The third kappa shape index (κ3) is 4.87. The Hall–Kier alpha value is -2.70. The van der Waals surface area contributed by atoms with E-state index in [0.717, 1.165) is 19.6 Å². The highest BCUT2D eigenvalue weighted by atomic mass is 32.2. The average molecular weight is 453 g/mol. The predicted molar refractivity (Wildman–Crippen MR) is 127 cm³/mol. The number of aryl methyl sites for hydroxylation is 2. The van der Waals surface area contributed by atoms with Crippen LogP contribution >= 0.6 is 0 Å². The zero-order chi connectivity index (χ0) is 22.7. The Morgan fingerprint density at radius 3 is 2.28 bits per heavy atom. The molecule has 0 spiro atoms. The quantitative estimate of drug-likeness (QED) is 0.509. The maximum absolute atomic E-state index is 13.8. The van der Waals surface area contributed by atoms with E-state index in [1.165, 1.54) is 27.6 Å². The van der Waals surface area contributed by atoms with Gasteiger partial charge < -0.3 is 0 Å². The van der Waals surface area contributed by atoms with Crippen molar-refractivity contribution in [1.82, 2.24) is 4.90 Å². The molecule has 0 amide bonds. The van der Waals surface area contributed by atoms with Crippen molar-refractivity contribution in [1.29, 1.82) is 0 Å². The SMILES string of the molecule is Cc1cccc(CN2CCC(N(c3ccc(F)cc3)S(=O)(=O)c3ccccc3C)CC2)c1. The number of sulfonamides is 1. The summed E-state index contributed by atoms with van der Waals surface area (Å²) in [6, 6.07) is 21.1. The van der Waals surface area contributed by atoms with Gasteiger partial charge in [-0.3, -0.25) is 9.21 Å². The summed E-state index contributed by atoms with van der Waals surface area (Å²) in [5, 5.41) is 0. The second-order valence-electron chi connectivity index (χ2n) is 8.54. The average Bonchev–Trinajstić information content (AvgIpc) is 2.77. The molecule has 0 unspecified atom stereocenters. The van der Waals surface area contributed by atoms with E-state index in [9.17, 15) is 12.8 Å². The first-order chi connectivity index (χ1) is 15.3. The second kappa shape index (κ2) is 9.43. The van der Waals surface area contributed by atoms with E-state index >= 15 is 0 Å². The molecule has 0 bridgehead atoms. The van der Waals surface area contributed by atoms with Gasteiger partial charge in [0.25, 0.3) is 10.0 Å². The molecule has 168 valence electrons. The minimum Gasteiger partial charge on any atom is -0.299 e. The van der Waals surface area contributed by atoms with Crippen LogP contribution in [0.3, 0.4) is 0 Å². The van der Waals surface area contributed by atoms with E-state index in [0.29, 0.717) is 29.0 Å². The monoisotopic (exact) mass is 452 g/mol. The van der Waals surface area contributed by atoms with E-state index in [2.05, 4.69) is 36.1 Å². The van der Waals surface area contributed by atoms with Crippen molar-refractivity contribution >= 4 is 15.7 Å². The van der Waals surface area contributed by atoms with E-state index in [4.69, 9.17) is 0 Å². The van der Waals surface area contributed by atoms with Crippen LogP contribution in [0.25, 0.3) is 0 Å². The van der Waals surface area contributed by atoms with Crippen molar-refractivity contribution in [2.45, 2.75) is 44.2 Å². The van der Waals surface area contributed by atoms with Crippen LogP contribution in [0, 0.1) is 19.7 Å². The minimum absolute atomic E-state index is 0.182. The zero-order valence-corrected chi connectivity index (χ0v) is 19.4. The molecule has 1 saturated heterocycles. The maximum atomic E-state index is 13.8. The smallest absolute Gasteiger partial charge is 0.264 e. The standard InChI is InChI=1S/C26H29FN2O2S/c1-20-6-5-8-22(18-20)19-28-16-14-25(15-17-28)29(24-12-10-23(27)11-13-24)32(30,31)26-9-4-3-7-21(26)2/h3-13,18,25H,14-17,19H2,1-2H3. The van der Waals surface area contributed by atoms with E-state index in [1.54, 1.807) is 37.3 Å². The van der Waals surface area contributed by atoms with Gasteiger partial charge in [-0.1, -0.05) is 48.0 Å². The highest BCUT2D eigenvalue weighted by Crippen LogP contribution is 2.32. The molecule has 1 heterocycles. The molecule has 0 aliphatic carbocycles. The molecular weight excluding hydrogens is 423 g/mol. The Balaban J connectivity index is 1.59. The molecule has 4 rings (SSSR count). The summed E-state index contributed by atoms with van der Waals surface area (Å²) in [7, 11) is -3.79. The topological polar surface area (TPSA) is 40.6 Å². The van der Waals surface area contributed by atoms with E-state index in [-0.39, 0.29) is 11.9 Å². The number of benzene rings is 3. The van der Waals surface area contributed by atoms with Crippen LogP contribution in [0.15, 0.2) is 77.7 Å². The summed E-state index contributed by atoms with van der Waals surface area (Å²) >= 11 is 0. The van der Waals surface area contributed by atoms with Gasteiger partial charge in [-0.25, -0.2) is 12.8 Å². The number of halogens is 1. The largest absolute Gasteiger partial charge is 0.299 e. The molecule has 0 radical (unpaired) electrons. The Bertz CT molecular complexity index is 1170. The molecule has 0 atom stereocenters. The molecule has 0 N–H and O–H groups in total. The summed E-state index contributed by atoms with van der Waals surface area (Å²) in [5.41, 5.74) is 3.72. The third-order valence-corrected chi connectivity index (χ3v) is 8.13. The fourth-order valence-electron chi connectivity index (χ4n) is 4.47. The number of anilines is 1. The summed E-state index contributed by atoms with van der Waals surface area (Å²) in [6.45, 7) is 6.36. The number of hydrogen-bond acceptors (Lipinski definition) is 3.